The Morgan fingerprint density at radius 2 is 2.10 bits per heavy atom. The first kappa shape index (κ1) is 13.6. The molecule has 1 amide bonds. The second-order valence-corrected chi connectivity index (χ2v) is 6.08. The Bertz CT molecular complexity index is 485. The minimum Gasteiger partial charge on any atom is -0.348 e. The van der Waals surface area contributed by atoms with Gasteiger partial charge in [-0.15, -0.1) is 0 Å². The van der Waals surface area contributed by atoms with E-state index in [-0.39, 0.29) is 5.91 Å². The normalized spacial score (nSPS) is 28.7. The van der Waals surface area contributed by atoms with Gasteiger partial charge in [-0.05, 0) is 43.3 Å². The molecule has 6 heteroatoms. The number of carbonyl (C=O) groups excluding carboxylic acids is 1. The van der Waals surface area contributed by atoms with E-state index in [1.807, 2.05) is 0 Å². The molecule has 0 spiro atoms. The molecule has 1 aromatic heterocycles. The molecule has 0 radical (unpaired) electrons. The third-order valence-electron chi connectivity index (χ3n) is 3.92. The van der Waals surface area contributed by atoms with E-state index in [0.29, 0.717) is 17.1 Å². The van der Waals surface area contributed by atoms with E-state index in [2.05, 4.69) is 20.2 Å². The van der Waals surface area contributed by atoms with Crippen molar-refractivity contribution in [3.8, 4) is 0 Å². The number of nitrogens with zero attached hydrogens (tertiary/aromatic N) is 3. The number of hydrogen-bond acceptors (Lipinski definition) is 5. The molecule has 5 nitrogen and oxygen atoms in total. The van der Waals surface area contributed by atoms with Crippen molar-refractivity contribution >= 4 is 17.7 Å². The van der Waals surface area contributed by atoms with Crippen molar-refractivity contribution < 1.29 is 4.79 Å². The van der Waals surface area contributed by atoms with Crippen molar-refractivity contribution in [2.45, 2.75) is 24.0 Å². The van der Waals surface area contributed by atoms with Crippen LogP contribution in [0.4, 0.5) is 0 Å². The van der Waals surface area contributed by atoms with Crippen LogP contribution in [0.25, 0.3) is 0 Å². The van der Waals surface area contributed by atoms with E-state index in [1.54, 1.807) is 29.9 Å². The van der Waals surface area contributed by atoms with Crippen LogP contribution in [0.1, 0.15) is 12.8 Å². The number of amides is 1. The summed E-state index contributed by atoms with van der Waals surface area (Å²) in [5, 5.41) is 5.51. The van der Waals surface area contributed by atoms with E-state index < -0.39 is 0 Å². The van der Waals surface area contributed by atoms with Crippen molar-refractivity contribution in [1.82, 2.24) is 20.2 Å². The van der Waals surface area contributed by atoms with Gasteiger partial charge in [0.2, 0.25) is 5.91 Å². The van der Waals surface area contributed by atoms with Crippen LogP contribution in [0.2, 0.25) is 0 Å². The summed E-state index contributed by atoms with van der Waals surface area (Å²) in [4.78, 5) is 22.5. The molecule has 4 rings (SSSR count). The van der Waals surface area contributed by atoms with Crippen LogP contribution in [0.15, 0.2) is 35.1 Å². The highest BCUT2D eigenvalue weighted by Crippen LogP contribution is 2.27. The number of nitrogens with one attached hydrogen (secondary N) is 1. The summed E-state index contributed by atoms with van der Waals surface area (Å²) in [6.45, 7) is 3.38. The fourth-order valence-electron chi connectivity index (χ4n) is 2.86. The third kappa shape index (κ3) is 3.37. The lowest BCUT2D eigenvalue weighted by Crippen LogP contribution is -2.57. The number of carbonyl (C=O) groups is 1. The molecule has 2 bridgehead atoms. The summed E-state index contributed by atoms with van der Waals surface area (Å²) in [5.74, 6) is 0.634. The van der Waals surface area contributed by atoms with Gasteiger partial charge in [-0.25, -0.2) is 9.97 Å². The maximum atomic E-state index is 11.9. The lowest BCUT2D eigenvalue weighted by Gasteiger charge is -2.44. The Labute approximate surface area is 122 Å². The Morgan fingerprint density at radius 3 is 2.75 bits per heavy atom. The van der Waals surface area contributed by atoms with Crippen LogP contribution < -0.4 is 5.32 Å². The molecule has 1 aromatic rings. The molecular formula is C14H18N4OS. The Balaban J connectivity index is 1.47. The molecule has 3 aliphatic rings. The molecule has 1 atom stereocenters. The van der Waals surface area contributed by atoms with Crippen LogP contribution >= 0.6 is 11.8 Å². The second-order valence-electron chi connectivity index (χ2n) is 5.21. The van der Waals surface area contributed by atoms with Crippen LogP contribution in [0.3, 0.4) is 0 Å². The second kappa shape index (κ2) is 6.37. The average molecular weight is 290 g/mol. The minimum absolute atomic E-state index is 0.0211. The van der Waals surface area contributed by atoms with Gasteiger partial charge in [0.1, 0.15) is 0 Å². The van der Waals surface area contributed by atoms with E-state index >= 15 is 0 Å². The first-order chi connectivity index (χ1) is 9.81. The molecular weight excluding hydrogens is 272 g/mol. The first-order valence-corrected chi connectivity index (χ1v) is 7.82. The van der Waals surface area contributed by atoms with Crippen LogP contribution in [-0.2, 0) is 4.79 Å². The number of fused-ring (bicyclic) bond motifs is 3. The maximum Gasteiger partial charge on any atom is 0.244 e. The lowest BCUT2D eigenvalue weighted by molar-refractivity contribution is -0.118. The van der Waals surface area contributed by atoms with Crippen molar-refractivity contribution in [2.75, 3.05) is 19.6 Å². The van der Waals surface area contributed by atoms with Gasteiger partial charge < -0.3 is 10.2 Å². The monoisotopic (exact) mass is 290 g/mol. The fourth-order valence-corrected chi connectivity index (χ4v) is 3.42. The summed E-state index contributed by atoms with van der Waals surface area (Å²) < 4.78 is 0. The Hall–Kier alpha value is -1.40. The Morgan fingerprint density at radius 1 is 1.35 bits per heavy atom. The van der Waals surface area contributed by atoms with Crippen LogP contribution in [0, 0.1) is 5.92 Å². The van der Waals surface area contributed by atoms with E-state index in [1.165, 1.54) is 37.7 Å². The van der Waals surface area contributed by atoms with Gasteiger partial charge in [0.25, 0.3) is 0 Å². The molecule has 0 aliphatic carbocycles. The molecule has 3 saturated heterocycles. The summed E-state index contributed by atoms with van der Waals surface area (Å²) >= 11 is 1.35. The molecule has 1 unspecified atom stereocenters. The number of piperidine rings is 3. The zero-order chi connectivity index (χ0) is 13.8. The maximum absolute atomic E-state index is 11.9. The smallest absolute Gasteiger partial charge is 0.244 e. The van der Waals surface area contributed by atoms with Gasteiger partial charge in [-0.1, -0.05) is 11.8 Å². The fraction of sp³-hybridized carbons (Fsp3) is 0.500. The summed E-state index contributed by atoms with van der Waals surface area (Å²) in [5.41, 5.74) is 0. The number of hydrogen-bond donors (Lipinski definition) is 1. The highest BCUT2D eigenvalue weighted by molar-refractivity contribution is 8.02. The van der Waals surface area contributed by atoms with E-state index in [9.17, 15) is 4.79 Å². The van der Waals surface area contributed by atoms with Gasteiger partial charge in [0.15, 0.2) is 5.16 Å². The summed E-state index contributed by atoms with van der Waals surface area (Å²) in [6.07, 6.45) is 7.37. The SMILES string of the molecule is O=C(C=CSc1ncccn1)NC1CN2CCC1CC2. The van der Waals surface area contributed by atoms with E-state index in [0.717, 1.165) is 6.54 Å². The molecule has 1 N–H and O–H groups in total. The molecule has 0 saturated carbocycles. The van der Waals surface area contributed by atoms with Gasteiger partial charge >= 0.3 is 0 Å². The standard InChI is InChI=1S/C14H18N4OS/c19-13(4-9-20-14-15-5-1-6-16-14)17-12-10-18-7-2-11(12)3-8-18/h1,4-6,9,11-12H,2-3,7-8,10H2,(H,17,19). The number of rotatable bonds is 4. The number of aromatic nitrogens is 2. The highest BCUT2D eigenvalue weighted by atomic mass is 32.2. The largest absolute Gasteiger partial charge is 0.348 e. The van der Waals surface area contributed by atoms with E-state index in [4.69, 9.17) is 0 Å². The third-order valence-corrected chi connectivity index (χ3v) is 4.61. The zero-order valence-corrected chi connectivity index (χ0v) is 12.1. The molecule has 3 aliphatic heterocycles. The highest BCUT2D eigenvalue weighted by Gasteiger charge is 2.34. The van der Waals surface area contributed by atoms with Crippen molar-refractivity contribution in [3.05, 3.63) is 29.9 Å². The lowest BCUT2D eigenvalue weighted by atomic mass is 9.84. The van der Waals surface area contributed by atoms with Crippen molar-refractivity contribution in [2.24, 2.45) is 5.92 Å². The number of thioether (sulfide) groups is 1. The van der Waals surface area contributed by atoms with Crippen molar-refractivity contribution in [3.63, 3.8) is 0 Å². The van der Waals surface area contributed by atoms with Crippen LogP contribution in [0.5, 0.6) is 0 Å². The van der Waals surface area contributed by atoms with Crippen LogP contribution in [-0.4, -0.2) is 46.5 Å². The van der Waals surface area contributed by atoms with Gasteiger partial charge in [-0.2, -0.15) is 0 Å². The van der Waals surface area contributed by atoms with Gasteiger partial charge in [-0.3, -0.25) is 4.79 Å². The first-order valence-electron chi connectivity index (χ1n) is 6.94. The Kier molecular flexibility index (Phi) is 4.32. The summed E-state index contributed by atoms with van der Waals surface area (Å²) in [7, 11) is 0. The summed E-state index contributed by atoms with van der Waals surface area (Å²) in [6, 6.07) is 2.08. The topological polar surface area (TPSA) is 58.1 Å². The molecule has 106 valence electrons. The average Bonchev–Trinajstić information content (AvgIpc) is 2.49. The van der Waals surface area contributed by atoms with Crippen molar-refractivity contribution in [1.29, 1.82) is 0 Å². The molecule has 0 aromatic carbocycles. The minimum atomic E-state index is -0.0211. The van der Waals surface area contributed by atoms with Gasteiger partial charge in [0.05, 0.1) is 0 Å². The molecule has 20 heavy (non-hydrogen) atoms. The zero-order valence-electron chi connectivity index (χ0n) is 11.2. The molecule has 3 fully saturated rings. The molecule has 4 heterocycles. The predicted octanol–water partition coefficient (Wildman–Crippen LogP) is 1.29. The quantitative estimate of drug-likeness (QED) is 0.514. The van der Waals surface area contributed by atoms with Gasteiger partial charge in [0, 0.05) is 31.1 Å². The predicted molar refractivity (Wildman–Crippen MR) is 78.1 cm³/mol.